The monoisotopic (exact) mass is 285 g/mol. The highest BCUT2D eigenvalue weighted by Crippen LogP contribution is 2.44. The largest absolute Gasteiger partial charge is 0.374 e. The minimum absolute atomic E-state index is 0.681. The minimum atomic E-state index is -1.21. The van der Waals surface area contributed by atoms with E-state index in [-0.39, 0.29) is 0 Å². The van der Waals surface area contributed by atoms with Crippen LogP contribution in [0.1, 0.15) is 16.7 Å². The van der Waals surface area contributed by atoms with Crippen LogP contribution in [0.15, 0.2) is 89.9 Å². The van der Waals surface area contributed by atoms with Gasteiger partial charge >= 0.3 is 0 Å². The fourth-order valence-electron chi connectivity index (χ4n) is 3.05. The van der Waals surface area contributed by atoms with Gasteiger partial charge in [-0.25, -0.2) is 4.99 Å². The molecular formula is C20H15NO. The molecule has 0 aromatic heterocycles. The Labute approximate surface area is 129 Å². The van der Waals surface area contributed by atoms with Gasteiger partial charge in [0.15, 0.2) is 5.60 Å². The summed E-state index contributed by atoms with van der Waals surface area (Å²) in [5, 5.41) is 11.6. The maximum absolute atomic E-state index is 11.6. The van der Waals surface area contributed by atoms with Crippen LogP contribution in [0.25, 0.3) is 0 Å². The standard InChI is InChI=1S/C20H15NO/c22-20(16-11-5-2-6-12-16)17-13-7-8-14-18(17)21-19(20)15-9-3-1-4-10-15/h1-14,22H. The molecule has 106 valence electrons. The smallest absolute Gasteiger partial charge is 0.160 e. The molecule has 1 N–H and O–H groups in total. The van der Waals surface area contributed by atoms with Crippen molar-refractivity contribution in [2.24, 2.45) is 4.99 Å². The van der Waals surface area contributed by atoms with Crippen molar-refractivity contribution in [1.29, 1.82) is 0 Å². The van der Waals surface area contributed by atoms with Crippen LogP contribution in [0.2, 0.25) is 0 Å². The van der Waals surface area contributed by atoms with Gasteiger partial charge in [-0.05, 0) is 17.2 Å². The third-order valence-corrected chi connectivity index (χ3v) is 4.11. The highest BCUT2D eigenvalue weighted by molar-refractivity contribution is 6.13. The maximum atomic E-state index is 11.6. The van der Waals surface area contributed by atoms with Crippen LogP contribution in [-0.4, -0.2) is 10.8 Å². The Morgan fingerprint density at radius 1 is 0.682 bits per heavy atom. The Kier molecular flexibility index (Phi) is 2.91. The molecule has 1 unspecified atom stereocenters. The molecule has 0 radical (unpaired) electrons. The Morgan fingerprint density at radius 3 is 2.00 bits per heavy atom. The van der Waals surface area contributed by atoms with E-state index < -0.39 is 5.60 Å². The van der Waals surface area contributed by atoms with Crippen LogP contribution in [0.3, 0.4) is 0 Å². The SMILES string of the molecule is OC1(c2ccccc2)C(c2ccccc2)=Nc2ccccc21. The van der Waals surface area contributed by atoms with E-state index in [9.17, 15) is 5.11 Å². The second-order valence-corrected chi connectivity index (χ2v) is 5.42. The lowest BCUT2D eigenvalue weighted by molar-refractivity contribution is 0.160. The first kappa shape index (κ1) is 13.0. The third kappa shape index (κ3) is 1.81. The first-order valence-electron chi connectivity index (χ1n) is 7.32. The summed E-state index contributed by atoms with van der Waals surface area (Å²) in [6.07, 6.45) is 0. The highest BCUT2D eigenvalue weighted by Gasteiger charge is 2.43. The van der Waals surface area contributed by atoms with E-state index in [4.69, 9.17) is 4.99 Å². The molecule has 0 saturated heterocycles. The van der Waals surface area contributed by atoms with E-state index in [1.54, 1.807) is 0 Å². The Balaban J connectivity index is 1.99. The zero-order valence-corrected chi connectivity index (χ0v) is 12.0. The van der Waals surface area contributed by atoms with Crippen molar-refractivity contribution >= 4 is 11.4 Å². The fraction of sp³-hybridized carbons (Fsp3) is 0.0500. The summed E-state index contributed by atoms with van der Waals surface area (Å²) in [5.74, 6) is 0. The van der Waals surface area contributed by atoms with Crippen molar-refractivity contribution in [1.82, 2.24) is 0 Å². The number of aliphatic imine (C=N–C) groups is 1. The molecule has 0 aliphatic carbocycles. The second kappa shape index (κ2) is 4.93. The number of hydrogen-bond acceptors (Lipinski definition) is 2. The molecule has 3 aromatic rings. The molecular weight excluding hydrogens is 270 g/mol. The van der Waals surface area contributed by atoms with Gasteiger partial charge < -0.3 is 5.11 Å². The predicted octanol–water partition coefficient (Wildman–Crippen LogP) is 4.06. The van der Waals surface area contributed by atoms with Gasteiger partial charge in [-0.15, -0.1) is 0 Å². The van der Waals surface area contributed by atoms with E-state index in [1.165, 1.54) is 0 Å². The average molecular weight is 285 g/mol. The lowest BCUT2D eigenvalue weighted by atomic mass is 9.81. The lowest BCUT2D eigenvalue weighted by Crippen LogP contribution is -2.34. The van der Waals surface area contributed by atoms with Crippen LogP contribution in [0.4, 0.5) is 5.69 Å². The maximum Gasteiger partial charge on any atom is 0.160 e. The Hall–Kier alpha value is -2.71. The summed E-state index contributed by atoms with van der Waals surface area (Å²) < 4.78 is 0. The third-order valence-electron chi connectivity index (χ3n) is 4.11. The molecule has 0 fully saturated rings. The molecule has 0 saturated carbocycles. The molecule has 2 nitrogen and oxygen atoms in total. The van der Waals surface area contributed by atoms with E-state index in [2.05, 4.69) is 0 Å². The van der Waals surface area contributed by atoms with Gasteiger partial charge in [0, 0.05) is 5.56 Å². The van der Waals surface area contributed by atoms with Crippen molar-refractivity contribution in [3.63, 3.8) is 0 Å². The molecule has 0 spiro atoms. The van der Waals surface area contributed by atoms with Crippen LogP contribution >= 0.6 is 0 Å². The summed E-state index contributed by atoms with van der Waals surface area (Å²) in [5.41, 5.74) is 2.90. The molecule has 4 rings (SSSR count). The van der Waals surface area contributed by atoms with Crippen molar-refractivity contribution in [3.8, 4) is 0 Å². The first-order chi connectivity index (χ1) is 10.8. The van der Waals surface area contributed by atoms with Crippen molar-refractivity contribution in [3.05, 3.63) is 102 Å². The lowest BCUT2D eigenvalue weighted by Gasteiger charge is -2.27. The normalized spacial score (nSPS) is 19.6. The van der Waals surface area contributed by atoms with Gasteiger partial charge in [-0.1, -0.05) is 78.9 Å². The molecule has 0 amide bonds. The summed E-state index contributed by atoms with van der Waals surface area (Å²) >= 11 is 0. The summed E-state index contributed by atoms with van der Waals surface area (Å²) in [6.45, 7) is 0. The zero-order chi connectivity index (χ0) is 15.0. The zero-order valence-electron chi connectivity index (χ0n) is 12.0. The fourth-order valence-corrected chi connectivity index (χ4v) is 3.05. The quantitative estimate of drug-likeness (QED) is 0.756. The molecule has 1 atom stereocenters. The van der Waals surface area contributed by atoms with Gasteiger partial charge in [-0.3, -0.25) is 0 Å². The molecule has 3 aromatic carbocycles. The molecule has 22 heavy (non-hydrogen) atoms. The number of benzene rings is 3. The summed E-state index contributed by atoms with van der Waals surface area (Å²) in [4.78, 5) is 4.72. The number of rotatable bonds is 2. The van der Waals surface area contributed by atoms with E-state index >= 15 is 0 Å². The predicted molar refractivity (Wildman–Crippen MR) is 88.5 cm³/mol. The van der Waals surface area contributed by atoms with Crippen molar-refractivity contribution in [2.45, 2.75) is 5.60 Å². The number of nitrogens with zero attached hydrogens (tertiary/aromatic N) is 1. The Morgan fingerprint density at radius 2 is 1.27 bits per heavy atom. The van der Waals surface area contributed by atoms with Crippen LogP contribution < -0.4 is 0 Å². The van der Waals surface area contributed by atoms with E-state index in [1.807, 2.05) is 84.9 Å². The van der Waals surface area contributed by atoms with E-state index in [0.717, 1.165) is 22.4 Å². The van der Waals surface area contributed by atoms with Gasteiger partial charge in [0.2, 0.25) is 0 Å². The van der Waals surface area contributed by atoms with Crippen LogP contribution in [-0.2, 0) is 5.60 Å². The Bertz CT molecular complexity index is 840. The minimum Gasteiger partial charge on any atom is -0.374 e. The molecule has 1 heterocycles. The average Bonchev–Trinajstić information content (AvgIpc) is 2.91. The van der Waals surface area contributed by atoms with E-state index in [0.29, 0.717) is 5.71 Å². The number of hydrogen-bond donors (Lipinski definition) is 1. The van der Waals surface area contributed by atoms with Gasteiger partial charge in [0.05, 0.1) is 11.4 Å². The van der Waals surface area contributed by atoms with Crippen LogP contribution in [0, 0.1) is 0 Å². The number of aliphatic hydroxyl groups is 1. The van der Waals surface area contributed by atoms with Gasteiger partial charge in [0.25, 0.3) is 0 Å². The second-order valence-electron chi connectivity index (χ2n) is 5.42. The van der Waals surface area contributed by atoms with Gasteiger partial charge in [-0.2, -0.15) is 0 Å². The first-order valence-corrected chi connectivity index (χ1v) is 7.32. The summed E-state index contributed by atoms with van der Waals surface area (Å²) in [7, 11) is 0. The molecule has 1 aliphatic rings. The summed E-state index contributed by atoms with van der Waals surface area (Å²) in [6, 6.07) is 27.4. The number of para-hydroxylation sites is 1. The number of fused-ring (bicyclic) bond motifs is 1. The van der Waals surface area contributed by atoms with Gasteiger partial charge in [0.1, 0.15) is 0 Å². The molecule has 0 bridgehead atoms. The molecule has 2 heteroatoms. The van der Waals surface area contributed by atoms with Crippen LogP contribution in [0.5, 0.6) is 0 Å². The van der Waals surface area contributed by atoms with Crippen molar-refractivity contribution in [2.75, 3.05) is 0 Å². The highest BCUT2D eigenvalue weighted by atomic mass is 16.3. The van der Waals surface area contributed by atoms with Crippen molar-refractivity contribution < 1.29 is 5.11 Å². The topological polar surface area (TPSA) is 32.6 Å². The molecule has 1 aliphatic heterocycles.